The molecule has 0 N–H and O–H groups in total. The van der Waals surface area contributed by atoms with Crippen LogP contribution in [0.15, 0.2) is 41.8 Å². The molecule has 31 heavy (non-hydrogen) atoms. The summed E-state index contributed by atoms with van der Waals surface area (Å²) < 4.78 is 0. The van der Waals surface area contributed by atoms with Gasteiger partial charge in [0.2, 0.25) is 11.8 Å². The van der Waals surface area contributed by atoms with Gasteiger partial charge in [0, 0.05) is 57.0 Å². The Hall–Kier alpha value is -2.18. The van der Waals surface area contributed by atoms with Crippen LogP contribution in [0.3, 0.4) is 0 Å². The molecule has 2 aliphatic rings. The van der Waals surface area contributed by atoms with Crippen molar-refractivity contribution in [1.29, 1.82) is 0 Å². The second kappa shape index (κ2) is 9.96. The van der Waals surface area contributed by atoms with Gasteiger partial charge in [-0.05, 0) is 34.9 Å². The van der Waals surface area contributed by atoms with Gasteiger partial charge in [0.15, 0.2) is 0 Å². The van der Waals surface area contributed by atoms with E-state index in [1.165, 1.54) is 16.0 Å². The fourth-order valence-electron chi connectivity index (χ4n) is 4.60. The van der Waals surface area contributed by atoms with Crippen molar-refractivity contribution in [3.05, 3.63) is 57.8 Å². The molecule has 1 fully saturated rings. The predicted octanol–water partition coefficient (Wildman–Crippen LogP) is 3.43. The van der Waals surface area contributed by atoms with Crippen molar-refractivity contribution in [3.8, 4) is 0 Å². The van der Waals surface area contributed by atoms with E-state index < -0.39 is 0 Å². The lowest BCUT2D eigenvalue weighted by molar-refractivity contribution is -0.148. The lowest BCUT2D eigenvalue weighted by Gasteiger charge is -2.41. The highest BCUT2D eigenvalue weighted by Crippen LogP contribution is 2.26. The van der Waals surface area contributed by atoms with Crippen LogP contribution in [-0.2, 0) is 29.0 Å². The largest absolute Gasteiger partial charge is 0.338 e. The monoisotopic (exact) mass is 439 g/mol. The molecule has 1 atom stereocenters. The Bertz CT molecular complexity index is 888. The zero-order valence-corrected chi connectivity index (χ0v) is 19.4. The molecule has 0 aliphatic carbocycles. The molecule has 1 saturated heterocycles. The van der Waals surface area contributed by atoms with Crippen molar-refractivity contribution >= 4 is 23.2 Å². The molecule has 166 valence electrons. The molecule has 2 aliphatic heterocycles. The number of thiophene rings is 1. The van der Waals surface area contributed by atoms with Crippen LogP contribution >= 0.6 is 11.3 Å². The Labute approximate surface area is 189 Å². The van der Waals surface area contributed by atoms with Gasteiger partial charge in [-0.15, -0.1) is 11.3 Å². The quantitative estimate of drug-likeness (QED) is 0.693. The summed E-state index contributed by atoms with van der Waals surface area (Å²) in [6, 6.07) is 12.1. The van der Waals surface area contributed by atoms with E-state index in [-0.39, 0.29) is 23.8 Å². The van der Waals surface area contributed by atoms with E-state index in [1.807, 2.05) is 33.3 Å². The number of carbonyl (C=O) groups is 2. The fourth-order valence-corrected chi connectivity index (χ4v) is 5.30. The van der Waals surface area contributed by atoms with Gasteiger partial charge in [0.25, 0.3) is 0 Å². The number of piperazine rings is 1. The number of carbonyl (C=O) groups excluding carboxylic acids is 2. The summed E-state index contributed by atoms with van der Waals surface area (Å²) >= 11 is 1.81. The molecular weight excluding hydrogens is 406 g/mol. The van der Waals surface area contributed by atoms with Gasteiger partial charge in [-0.2, -0.15) is 0 Å². The molecule has 1 aromatic carbocycles. The van der Waals surface area contributed by atoms with Crippen molar-refractivity contribution < 1.29 is 9.59 Å². The van der Waals surface area contributed by atoms with Gasteiger partial charge in [-0.1, -0.05) is 44.2 Å². The van der Waals surface area contributed by atoms with Gasteiger partial charge in [0.1, 0.15) is 6.04 Å². The van der Waals surface area contributed by atoms with Crippen LogP contribution in [0.25, 0.3) is 0 Å². The van der Waals surface area contributed by atoms with Crippen LogP contribution in [0.5, 0.6) is 0 Å². The maximum Gasteiger partial charge on any atom is 0.245 e. The van der Waals surface area contributed by atoms with Crippen LogP contribution < -0.4 is 0 Å². The first-order valence-corrected chi connectivity index (χ1v) is 12.3. The van der Waals surface area contributed by atoms with Crippen LogP contribution in [0, 0.1) is 5.92 Å². The summed E-state index contributed by atoms with van der Waals surface area (Å²) in [6.07, 6.45) is 2.18. The van der Waals surface area contributed by atoms with Gasteiger partial charge in [-0.25, -0.2) is 0 Å². The summed E-state index contributed by atoms with van der Waals surface area (Å²) in [7, 11) is 0. The van der Waals surface area contributed by atoms with E-state index in [9.17, 15) is 9.59 Å². The third kappa shape index (κ3) is 5.36. The van der Waals surface area contributed by atoms with Gasteiger partial charge in [-0.3, -0.25) is 14.5 Å². The number of fused-ring (bicyclic) bond motifs is 1. The molecule has 0 bridgehead atoms. The first kappa shape index (κ1) is 22.0. The number of hydrogen-bond donors (Lipinski definition) is 0. The van der Waals surface area contributed by atoms with Crippen molar-refractivity contribution in [2.24, 2.45) is 5.92 Å². The average molecular weight is 440 g/mol. The molecule has 3 heterocycles. The number of rotatable bonds is 6. The number of hydrogen-bond acceptors (Lipinski definition) is 4. The Morgan fingerprint density at radius 2 is 1.77 bits per heavy atom. The first-order chi connectivity index (χ1) is 15.0. The standard InChI is InChI=1S/C25H33N3O2S/c1-19(2)16-24(29)28-18-21-7-4-3-6-20(21)17-23(28)25(30)27-13-11-26(12-14-27)10-9-22-8-5-15-31-22/h3-8,15,19,23H,9-14,16-18H2,1-2H3. The zero-order chi connectivity index (χ0) is 21.8. The molecule has 4 rings (SSSR count). The van der Waals surface area contributed by atoms with Gasteiger partial charge >= 0.3 is 0 Å². The lowest BCUT2D eigenvalue weighted by atomic mass is 9.92. The minimum Gasteiger partial charge on any atom is -0.338 e. The molecule has 6 heteroatoms. The molecule has 0 saturated carbocycles. The van der Waals surface area contributed by atoms with E-state index >= 15 is 0 Å². The Kier molecular flexibility index (Phi) is 7.08. The van der Waals surface area contributed by atoms with Crippen molar-refractivity contribution in [2.45, 2.75) is 45.7 Å². The zero-order valence-electron chi connectivity index (χ0n) is 18.6. The topological polar surface area (TPSA) is 43.9 Å². The predicted molar refractivity (Wildman–Crippen MR) is 125 cm³/mol. The number of benzene rings is 1. The second-order valence-electron chi connectivity index (χ2n) is 9.10. The smallest absolute Gasteiger partial charge is 0.245 e. The van der Waals surface area contributed by atoms with Crippen LogP contribution in [-0.4, -0.2) is 65.3 Å². The number of nitrogens with zero attached hydrogens (tertiary/aromatic N) is 3. The first-order valence-electron chi connectivity index (χ1n) is 11.4. The maximum absolute atomic E-state index is 13.5. The summed E-state index contributed by atoms with van der Waals surface area (Å²) in [6.45, 7) is 8.99. The minimum absolute atomic E-state index is 0.0948. The highest BCUT2D eigenvalue weighted by atomic mass is 32.1. The summed E-state index contributed by atoms with van der Waals surface area (Å²) in [5, 5.41) is 2.13. The molecule has 0 radical (unpaired) electrons. The highest BCUT2D eigenvalue weighted by Gasteiger charge is 2.37. The van der Waals surface area contributed by atoms with E-state index in [0.29, 0.717) is 19.4 Å². The van der Waals surface area contributed by atoms with Crippen molar-refractivity contribution in [3.63, 3.8) is 0 Å². The SMILES string of the molecule is CC(C)CC(=O)N1Cc2ccccc2CC1C(=O)N1CCN(CCc2cccs2)CC1. The molecule has 2 aromatic rings. The Morgan fingerprint density at radius 3 is 2.45 bits per heavy atom. The third-order valence-corrected chi connectivity index (χ3v) is 7.31. The van der Waals surface area contributed by atoms with E-state index in [4.69, 9.17) is 0 Å². The van der Waals surface area contributed by atoms with E-state index in [2.05, 4.69) is 48.4 Å². The maximum atomic E-state index is 13.5. The van der Waals surface area contributed by atoms with Crippen molar-refractivity contribution in [1.82, 2.24) is 14.7 Å². The van der Waals surface area contributed by atoms with Gasteiger partial charge < -0.3 is 9.80 Å². The highest BCUT2D eigenvalue weighted by molar-refractivity contribution is 7.09. The number of amides is 2. The van der Waals surface area contributed by atoms with Crippen LogP contribution in [0.2, 0.25) is 0 Å². The summed E-state index contributed by atoms with van der Waals surface area (Å²) in [4.78, 5) is 34.2. The molecular formula is C25H33N3O2S. The van der Waals surface area contributed by atoms with Crippen molar-refractivity contribution in [2.75, 3.05) is 32.7 Å². The summed E-state index contributed by atoms with van der Waals surface area (Å²) in [5.74, 6) is 0.495. The summed E-state index contributed by atoms with van der Waals surface area (Å²) in [5.41, 5.74) is 2.37. The Balaban J connectivity index is 1.40. The molecule has 5 nitrogen and oxygen atoms in total. The normalized spacial score (nSPS) is 19.5. The molecule has 0 spiro atoms. The molecule has 1 aromatic heterocycles. The lowest BCUT2D eigenvalue weighted by Crippen LogP contribution is -2.57. The van der Waals surface area contributed by atoms with Gasteiger partial charge in [0.05, 0.1) is 0 Å². The average Bonchev–Trinajstić information content (AvgIpc) is 3.30. The fraction of sp³-hybridized carbons (Fsp3) is 0.520. The third-order valence-electron chi connectivity index (χ3n) is 6.38. The van der Waals surface area contributed by atoms with E-state index in [1.54, 1.807) is 0 Å². The minimum atomic E-state index is -0.376. The Morgan fingerprint density at radius 1 is 1.03 bits per heavy atom. The molecule has 1 unspecified atom stereocenters. The van der Waals surface area contributed by atoms with Crippen LogP contribution in [0.1, 0.15) is 36.3 Å². The molecule has 2 amide bonds. The van der Waals surface area contributed by atoms with Crippen LogP contribution in [0.4, 0.5) is 0 Å². The van der Waals surface area contributed by atoms with E-state index in [0.717, 1.165) is 39.1 Å². The second-order valence-corrected chi connectivity index (χ2v) is 10.1.